The van der Waals surface area contributed by atoms with Crippen LogP contribution in [0.2, 0.25) is 0 Å². The molecule has 118 valence electrons. The molecule has 1 N–H and O–H groups in total. The van der Waals surface area contributed by atoms with E-state index in [9.17, 15) is 0 Å². The summed E-state index contributed by atoms with van der Waals surface area (Å²) in [4.78, 5) is 2.28. The molecule has 1 aromatic rings. The van der Waals surface area contributed by atoms with Crippen LogP contribution in [0.3, 0.4) is 0 Å². The number of hydrogen-bond acceptors (Lipinski definition) is 5. The maximum absolute atomic E-state index is 5.95. The van der Waals surface area contributed by atoms with Crippen LogP contribution in [0.1, 0.15) is 11.6 Å². The van der Waals surface area contributed by atoms with Crippen LogP contribution in [0.15, 0.2) is 16.6 Å². The van der Waals surface area contributed by atoms with E-state index in [1.165, 1.54) is 0 Å². The number of nitrogens with zero attached hydrogens (tertiary/aromatic N) is 1. The lowest BCUT2D eigenvalue weighted by molar-refractivity contribution is -0.0383. The third-order valence-corrected chi connectivity index (χ3v) is 4.58. The summed E-state index contributed by atoms with van der Waals surface area (Å²) in [5.74, 6) is 1.54. The van der Waals surface area contributed by atoms with Gasteiger partial charge in [0.2, 0.25) is 0 Å². The number of halogens is 1. The molecule has 2 unspecified atom stereocenters. The number of morpholine rings is 1. The minimum absolute atomic E-state index is 0.0601. The Morgan fingerprint density at radius 3 is 2.71 bits per heavy atom. The molecule has 21 heavy (non-hydrogen) atoms. The molecule has 1 aromatic carbocycles. The highest BCUT2D eigenvalue weighted by atomic mass is 79.9. The van der Waals surface area contributed by atoms with E-state index in [0.29, 0.717) is 0 Å². The zero-order chi connectivity index (χ0) is 15.4. The molecule has 0 amide bonds. The quantitative estimate of drug-likeness (QED) is 0.872. The molecule has 6 heteroatoms. The second-order valence-corrected chi connectivity index (χ2v) is 5.94. The Hall–Kier alpha value is -0.820. The molecule has 0 bridgehead atoms. The molecule has 2 rings (SSSR count). The summed E-state index contributed by atoms with van der Waals surface area (Å²) in [5.41, 5.74) is 1.06. The van der Waals surface area contributed by atoms with E-state index < -0.39 is 0 Å². The number of rotatable bonds is 5. The van der Waals surface area contributed by atoms with Crippen LogP contribution in [0.4, 0.5) is 0 Å². The van der Waals surface area contributed by atoms with Crippen LogP contribution in [0, 0.1) is 0 Å². The number of hydrogen-bond donors (Lipinski definition) is 1. The first kappa shape index (κ1) is 16.5. The Balaban J connectivity index is 2.35. The van der Waals surface area contributed by atoms with Crippen molar-refractivity contribution in [2.75, 3.05) is 48.0 Å². The van der Waals surface area contributed by atoms with Crippen LogP contribution in [0.25, 0.3) is 0 Å². The first-order chi connectivity index (χ1) is 10.1. The van der Waals surface area contributed by atoms with Gasteiger partial charge in [-0.2, -0.15) is 0 Å². The van der Waals surface area contributed by atoms with E-state index in [0.717, 1.165) is 41.2 Å². The molecule has 0 radical (unpaired) electrons. The highest BCUT2D eigenvalue weighted by Gasteiger charge is 2.30. The number of ether oxygens (including phenoxy) is 3. The van der Waals surface area contributed by atoms with Gasteiger partial charge in [0.15, 0.2) is 0 Å². The van der Waals surface area contributed by atoms with Crippen molar-refractivity contribution in [1.29, 1.82) is 0 Å². The zero-order valence-corrected chi connectivity index (χ0v) is 14.6. The first-order valence-electron chi connectivity index (χ1n) is 7.00. The lowest BCUT2D eigenvalue weighted by Gasteiger charge is -2.35. The normalized spacial score (nSPS) is 21.1. The standard InChI is InChI=1S/C15H23BrN2O3/c1-17-14(12-9-18(2)7-8-21-12)10-5-6-11(19-3)13(16)15(10)20-4/h5-6,12,14,17H,7-9H2,1-4H3. The van der Waals surface area contributed by atoms with Gasteiger partial charge in [0.05, 0.1) is 33.0 Å². The van der Waals surface area contributed by atoms with Gasteiger partial charge in [-0.25, -0.2) is 0 Å². The van der Waals surface area contributed by atoms with E-state index >= 15 is 0 Å². The monoisotopic (exact) mass is 358 g/mol. The van der Waals surface area contributed by atoms with E-state index in [-0.39, 0.29) is 12.1 Å². The Morgan fingerprint density at radius 2 is 2.14 bits per heavy atom. The molecule has 0 spiro atoms. The molecule has 2 atom stereocenters. The van der Waals surface area contributed by atoms with Crippen molar-refractivity contribution in [3.05, 3.63) is 22.2 Å². The van der Waals surface area contributed by atoms with Crippen LogP contribution in [0.5, 0.6) is 11.5 Å². The van der Waals surface area contributed by atoms with Crippen LogP contribution >= 0.6 is 15.9 Å². The molecule has 1 saturated heterocycles. The minimum atomic E-state index is 0.0601. The summed E-state index contributed by atoms with van der Waals surface area (Å²) >= 11 is 3.56. The highest BCUT2D eigenvalue weighted by molar-refractivity contribution is 9.10. The fraction of sp³-hybridized carbons (Fsp3) is 0.600. The number of likely N-dealkylation sites (N-methyl/N-ethyl adjacent to an activating group) is 2. The van der Waals surface area contributed by atoms with Gasteiger partial charge in [-0.1, -0.05) is 0 Å². The van der Waals surface area contributed by atoms with Gasteiger partial charge >= 0.3 is 0 Å². The Labute approximate surface area is 134 Å². The average molecular weight is 359 g/mol. The molecule has 0 saturated carbocycles. The second kappa shape index (κ2) is 7.45. The van der Waals surface area contributed by atoms with Crippen molar-refractivity contribution in [1.82, 2.24) is 10.2 Å². The van der Waals surface area contributed by atoms with Crippen molar-refractivity contribution in [3.8, 4) is 11.5 Å². The number of methoxy groups -OCH3 is 2. The Morgan fingerprint density at radius 1 is 1.38 bits per heavy atom. The van der Waals surface area contributed by atoms with Gasteiger partial charge < -0.3 is 24.4 Å². The van der Waals surface area contributed by atoms with Crippen molar-refractivity contribution in [2.24, 2.45) is 0 Å². The fourth-order valence-electron chi connectivity index (χ4n) is 2.72. The smallest absolute Gasteiger partial charge is 0.141 e. The predicted octanol–water partition coefficient (Wildman–Crippen LogP) is 2.06. The number of nitrogens with one attached hydrogen (secondary N) is 1. The van der Waals surface area contributed by atoms with Crippen molar-refractivity contribution < 1.29 is 14.2 Å². The Kier molecular flexibility index (Phi) is 5.87. The van der Waals surface area contributed by atoms with Gasteiger partial charge in [-0.3, -0.25) is 0 Å². The first-order valence-corrected chi connectivity index (χ1v) is 7.79. The third-order valence-electron chi connectivity index (χ3n) is 3.83. The highest BCUT2D eigenvalue weighted by Crippen LogP contribution is 2.40. The molecule has 1 aliphatic heterocycles. The fourth-order valence-corrected chi connectivity index (χ4v) is 3.40. The molecule has 0 aromatic heterocycles. The van der Waals surface area contributed by atoms with Gasteiger partial charge in [-0.05, 0) is 42.2 Å². The molecular formula is C15H23BrN2O3. The largest absolute Gasteiger partial charge is 0.495 e. The molecule has 1 heterocycles. The maximum Gasteiger partial charge on any atom is 0.141 e. The lowest BCUT2D eigenvalue weighted by Crippen LogP contribution is -2.46. The zero-order valence-electron chi connectivity index (χ0n) is 13.0. The van der Waals surface area contributed by atoms with Crippen LogP contribution in [-0.2, 0) is 4.74 Å². The van der Waals surface area contributed by atoms with E-state index in [1.807, 2.05) is 19.2 Å². The number of benzene rings is 1. The molecule has 5 nitrogen and oxygen atoms in total. The van der Waals surface area contributed by atoms with Crippen molar-refractivity contribution >= 4 is 15.9 Å². The molecule has 1 fully saturated rings. The van der Waals surface area contributed by atoms with E-state index in [4.69, 9.17) is 14.2 Å². The lowest BCUT2D eigenvalue weighted by atomic mass is 9.99. The maximum atomic E-state index is 5.95. The molecule has 1 aliphatic rings. The Bertz CT molecular complexity index is 484. The van der Waals surface area contributed by atoms with Gasteiger partial charge in [0.25, 0.3) is 0 Å². The van der Waals surface area contributed by atoms with Crippen LogP contribution < -0.4 is 14.8 Å². The molecular weight excluding hydrogens is 336 g/mol. The van der Waals surface area contributed by atoms with Crippen LogP contribution in [-0.4, -0.2) is 59.0 Å². The SMILES string of the molecule is CNC(c1ccc(OC)c(Br)c1OC)C1CN(C)CCO1. The summed E-state index contributed by atoms with van der Waals surface area (Å²) < 4.78 is 17.7. The van der Waals surface area contributed by atoms with Gasteiger partial charge in [0.1, 0.15) is 16.0 Å². The van der Waals surface area contributed by atoms with E-state index in [1.54, 1.807) is 14.2 Å². The van der Waals surface area contributed by atoms with Gasteiger partial charge in [0, 0.05) is 18.7 Å². The summed E-state index contributed by atoms with van der Waals surface area (Å²) in [6, 6.07) is 4.03. The van der Waals surface area contributed by atoms with Crippen molar-refractivity contribution in [3.63, 3.8) is 0 Å². The summed E-state index contributed by atoms with van der Waals surface area (Å²) in [5, 5.41) is 3.35. The molecule has 0 aliphatic carbocycles. The summed E-state index contributed by atoms with van der Waals surface area (Å²) in [6.45, 7) is 2.60. The topological polar surface area (TPSA) is 43.0 Å². The van der Waals surface area contributed by atoms with Crippen molar-refractivity contribution in [2.45, 2.75) is 12.1 Å². The second-order valence-electron chi connectivity index (χ2n) is 5.14. The average Bonchev–Trinajstić information content (AvgIpc) is 2.48. The van der Waals surface area contributed by atoms with Gasteiger partial charge in [-0.15, -0.1) is 0 Å². The minimum Gasteiger partial charge on any atom is -0.495 e. The van der Waals surface area contributed by atoms with E-state index in [2.05, 4.69) is 33.2 Å². The summed E-state index contributed by atoms with van der Waals surface area (Å²) in [6.07, 6.45) is 0.0861. The third kappa shape index (κ3) is 3.51. The predicted molar refractivity (Wildman–Crippen MR) is 86.3 cm³/mol. The summed E-state index contributed by atoms with van der Waals surface area (Å²) in [7, 11) is 7.38.